The zero-order valence-electron chi connectivity index (χ0n) is 11.6. The van der Waals surface area contributed by atoms with Gasteiger partial charge in [0.1, 0.15) is 0 Å². The van der Waals surface area contributed by atoms with Gasteiger partial charge in [-0.1, -0.05) is 34.1 Å². The molecule has 0 aliphatic carbocycles. The minimum absolute atomic E-state index is 0.394. The summed E-state index contributed by atoms with van der Waals surface area (Å²) in [5, 5.41) is 5.36. The summed E-state index contributed by atoms with van der Waals surface area (Å²) in [5.41, 5.74) is 6.34. The van der Waals surface area contributed by atoms with Crippen molar-refractivity contribution in [3.8, 4) is 11.3 Å². The maximum absolute atomic E-state index is 3.65. The second-order valence-corrected chi connectivity index (χ2v) is 7.24. The fourth-order valence-electron chi connectivity index (χ4n) is 3.04. The second kappa shape index (κ2) is 5.11. The van der Waals surface area contributed by atoms with Crippen molar-refractivity contribution in [2.75, 3.05) is 11.6 Å². The van der Waals surface area contributed by atoms with Gasteiger partial charge in [0.15, 0.2) is 0 Å². The van der Waals surface area contributed by atoms with E-state index in [-0.39, 0.29) is 0 Å². The number of nitrogens with one attached hydrogen (secondary N) is 2. The lowest BCUT2D eigenvalue weighted by atomic mass is 10.0. The number of hydrogen-bond donors (Lipinski definition) is 2. The quantitative estimate of drug-likeness (QED) is 0.621. The maximum atomic E-state index is 3.65. The third kappa shape index (κ3) is 2.17. The molecule has 1 unspecified atom stereocenters. The molecule has 106 valence electrons. The number of thioether (sulfide) groups is 1. The molecule has 0 fully saturated rings. The molecule has 3 aromatic rings. The van der Waals surface area contributed by atoms with E-state index in [0.717, 1.165) is 10.9 Å². The van der Waals surface area contributed by atoms with Crippen LogP contribution >= 0.6 is 27.7 Å². The Morgan fingerprint density at radius 3 is 2.90 bits per heavy atom. The van der Waals surface area contributed by atoms with E-state index in [1.165, 1.54) is 33.4 Å². The molecule has 2 aromatic carbocycles. The molecule has 2 N–H and O–H groups in total. The highest BCUT2D eigenvalue weighted by molar-refractivity contribution is 9.10. The number of rotatable bonds is 1. The standard InChI is InChI=1S/C17H15BrN2S/c1-21-16-9-13-12-8-10(18)6-7-15(12)20-17(13)11-4-2-3-5-14(11)19-16/h2-8,16,19-20H,9H2,1H3. The van der Waals surface area contributed by atoms with Crippen LogP contribution in [0.5, 0.6) is 0 Å². The van der Waals surface area contributed by atoms with Crippen LogP contribution in [0.25, 0.3) is 22.2 Å². The molecule has 0 bridgehead atoms. The number of fused-ring (bicyclic) bond motifs is 5. The van der Waals surface area contributed by atoms with E-state index in [1.807, 2.05) is 11.8 Å². The Bertz CT molecular complexity index is 825. The number of para-hydroxylation sites is 1. The van der Waals surface area contributed by atoms with Crippen molar-refractivity contribution in [2.24, 2.45) is 0 Å². The lowest BCUT2D eigenvalue weighted by molar-refractivity contribution is 0.980. The highest BCUT2D eigenvalue weighted by atomic mass is 79.9. The van der Waals surface area contributed by atoms with Gasteiger partial charge in [0.25, 0.3) is 0 Å². The molecule has 1 aliphatic heterocycles. The summed E-state index contributed by atoms with van der Waals surface area (Å²) >= 11 is 5.46. The van der Waals surface area contributed by atoms with Crippen LogP contribution in [0.2, 0.25) is 0 Å². The Morgan fingerprint density at radius 1 is 1.19 bits per heavy atom. The van der Waals surface area contributed by atoms with Crippen molar-refractivity contribution in [1.82, 2.24) is 4.98 Å². The van der Waals surface area contributed by atoms with Gasteiger partial charge in [-0.05, 0) is 36.1 Å². The van der Waals surface area contributed by atoms with Crippen LogP contribution in [0.3, 0.4) is 0 Å². The Balaban J connectivity index is 2.04. The van der Waals surface area contributed by atoms with Gasteiger partial charge < -0.3 is 10.3 Å². The van der Waals surface area contributed by atoms with E-state index in [9.17, 15) is 0 Å². The first-order valence-corrected chi connectivity index (χ1v) is 9.03. The van der Waals surface area contributed by atoms with Crippen LogP contribution in [0.1, 0.15) is 5.56 Å². The summed E-state index contributed by atoms with van der Waals surface area (Å²) in [5.74, 6) is 0. The summed E-state index contributed by atoms with van der Waals surface area (Å²) in [6.45, 7) is 0. The molecule has 1 aromatic heterocycles. The van der Waals surface area contributed by atoms with Crippen molar-refractivity contribution in [3.63, 3.8) is 0 Å². The molecule has 2 heterocycles. The molecule has 4 heteroatoms. The number of anilines is 1. The summed E-state index contributed by atoms with van der Waals surface area (Å²) in [6.07, 6.45) is 3.18. The fraction of sp³-hybridized carbons (Fsp3) is 0.176. The van der Waals surface area contributed by atoms with Gasteiger partial charge in [0.2, 0.25) is 0 Å². The van der Waals surface area contributed by atoms with E-state index >= 15 is 0 Å². The first-order chi connectivity index (χ1) is 10.3. The number of aromatic nitrogens is 1. The van der Waals surface area contributed by atoms with Crippen molar-refractivity contribution in [1.29, 1.82) is 0 Å². The Kier molecular flexibility index (Phi) is 3.23. The summed E-state index contributed by atoms with van der Waals surface area (Å²) in [6, 6.07) is 15.0. The van der Waals surface area contributed by atoms with Gasteiger partial charge in [-0.15, -0.1) is 11.8 Å². The van der Waals surface area contributed by atoms with E-state index < -0.39 is 0 Å². The predicted octanol–water partition coefficient (Wildman–Crippen LogP) is 5.25. The molecule has 2 nitrogen and oxygen atoms in total. The van der Waals surface area contributed by atoms with Crippen LogP contribution in [0.15, 0.2) is 46.9 Å². The van der Waals surface area contributed by atoms with Crippen LogP contribution in [-0.4, -0.2) is 16.6 Å². The molecule has 0 saturated carbocycles. The molecular weight excluding hydrogens is 344 g/mol. The van der Waals surface area contributed by atoms with E-state index in [1.54, 1.807) is 0 Å². The van der Waals surface area contributed by atoms with Gasteiger partial charge in [0.05, 0.1) is 11.1 Å². The van der Waals surface area contributed by atoms with Crippen molar-refractivity contribution >= 4 is 44.3 Å². The Hall–Kier alpha value is -1.39. The van der Waals surface area contributed by atoms with Crippen molar-refractivity contribution in [2.45, 2.75) is 11.8 Å². The molecule has 0 radical (unpaired) electrons. The minimum Gasteiger partial charge on any atom is -0.372 e. The zero-order valence-corrected chi connectivity index (χ0v) is 14.0. The average molecular weight is 359 g/mol. The molecule has 0 amide bonds. The van der Waals surface area contributed by atoms with E-state index in [0.29, 0.717) is 5.37 Å². The van der Waals surface area contributed by atoms with Crippen LogP contribution < -0.4 is 5.32 Å². The highest BCUT2D eigenvalue weighted by Gasteiger charge is 2.23. The Morgan fingerprint density at radius 2 is 2.05 bits per heavy atom. The molecule has 0 spiro atoms. The number of halogens is 1. The first kappa shape index (κ1) is 13.3. The second-order valence-electron chi connectivity index (χ2n) is 5.29. The monoisotopic (exact) mass is 358 g/mol. The van der Waals surface area contributed by atoms with Gasteiger partial charge in [0, 0.05) is 33.0 Å². The lowest BCUT2D eigenvalue weighted by Gasteiger charge is -2.15. The topological polar surface area (TPSA) is 27.8 Å². The fourth-order valence-corrected chi connectivity index (χ4v) is 3.98. The normalized spacial score (nSPS) is 17.0. The number of benzene rings is 2. The average Bonchev–Trinajstić information content (AvgIpc) is 2.76. The smallest absolute Gasteiger partial charge is 0.0761 e. The third-order valence-electron chi connectivity index (χ3n) is 4.06. The highest BCUT2D eigenvalue weighted by Crippen LogP contribution is 2.40. The first-order valence-electron chi connectivity index (χ1n) is 6.95. The van der Waals surface area contributed by atoms with Gasteiger partial charge >= 0.3 is 0 Å². The summed E-state index contributed by atoms with van der Waals surface area (Å²) < 4.78 is 1.13. The number of aromatic amines is 1. The Labute approximate surface area is 136 Å². The van der Waals surface area contributed by atoms with Gasteiger partial charge in [-0.25, -0.2) is 0 Å². The summed E-state index contributed by atoms with van der Waals surface area (Å²) in [7, 11) is 0. The van der Waals surface area contributed by atoms with Gasteiger partial charge in [-0.3, -0.25) is 0 Å². The van der Waals surface area contributed by atoms with Crippen LogP contribution in [0, 0.1) is 0 Å². The third-order valence-corrected chi connectivity index (χ3v) is 5.40. The predicted molar refractivity (Wildman–Crippen MR) is 96.1 cm³/mol. The molecule has 21 heavy (non-hydrogen) atoms. The number of H-pyrrole nitrogens is 1. The lowest BCUT2D eigenvalue weighted by Crippen LogP contribution is -2.16. The van der Waals surface area contributed by atoms with Crippen molar-refractivity contribution < 1.29 is 0 Å². The van der Waals surface area contributed by atoms with E-state index in [4.69, 9.17) is 0 Å². The van der Waals surface area contributed by atoms with Crippen LogP contribution in [0.4, 0.5) is 5.69 Å². The SMILES string of the molecule is CSC1Cc2c([nH]c3ccc(Br)cc23)-c2ccccc2N1. The molecular formula is C17H15BrN2S. The van der Waals surface area contributed by atoms with E-state index in [2.05, 4.69) is 75.0 Å². The largest absolute Gasteiger partial charge is 0.372 e. The minimum atomic E-state index is 0.394. The molecule has 0 saturated heterocycles. The molecule has 1 atom stereocenters. The zero-order chi connectivity index (χ0) is 14.4. The van der Waals surface area contributed by atoms with Crippen molar-refractivity contribution in [3.05, 3.63) is 52.5 Å². The number of hydrogen-bond acceptors (Lipinski definition) is 2. The molecule has 4 rings (SSSR count). The maximum Gasteiger partial charge on any atom is 0.0761 e. The summed E-state index contributed by atoms with van der Waals surface area (Å²) in [4.78, 5) is 3.61. The van der Waals surface area contributed by atoms with Gasteiger partial charge in [-0.2, -0.15) is 0 Å². The molecule has 1 aliphatic rings. The van der Waals surface area contributed by atoms with Crippen LogP contribution in [-0.2, 0) is 6.42 Å².